The average Bonchev–Trinajstić information content (AvgIpc) is 2.31. The molecule has 1 saturated carbocycles. The molecular formula is C13H24N2O2. The van der Waals surface area contributed by atoms with Crippen molar-refractivity contribution in [2.45, 2.75) is 57.6 Å². The minimum atomic E-state index is 0.111. The second-order valence-corrected chi connectivity index (χ2v) is 5.16. The van der Waals surface area contributed by atoms with Gasteiger partial charge < -0.3 is 15.0 Å². The molecule has 1 saturated heterocycles. The van der Waals surface area contributed by atoms with Gasteiger partial charge in [-0.1, -0.05) is 6.92 Å². The molecule has 2 aliphatic rings. The molecule has 0 aromatic carbocycles. The summed E-state index contributed by atoms with van der Waals surface area (Å²) >= 11 is 0. The van der Waals surface area contributed by atoms with Crippen LogP contribution in [0.5, 0.6) is 0 Å². The molecule has 0 aromatic heterocycles. The number of urea groups is 1. The molecular weight excluding hydrogens is 216 g/mol. The topological polar surface area (TPSA) is 41.6 Å². The summed E-state index contributed by atoms with van der Waals surface area (Å²) in [7, 11) is 0. The van der Waals surface area contributed by atoms with E-state index in [4.69, 9.17) is 4.74 Å². The van der Waals surface area contributed by atoms with Crippen molar-refractivity contribution in [3.05, 3.63) is 0 Å². The quantitative estimate of drug-likeness (QED) is 0.818. The molecule has 4 nitrogen and oxygen atoms in total. The van der Waals surface area contributed by atoms with Gasteiger partial charge in [0, 0.05) is 25.7 Å². The van der Waals surface area contributed by atoms with E-state index in [1.54, 1.807) is 0 Å². The SMILES string of the molecule is CCCOC1CCCN(C(=O)NC2CCC2)C1. The van der Waals surface area contributed by atoms with Gasteiger partial charge in [0.15, 0.2) is 0 Å². The van der Waals surface area contributed by atoms with E-state index in [-0.39, 0.29) is 12.1 Å². The lowest BCUT2D eigenvalue weighted by molar-refractivity contribution is 0.00944. The molecule has 1 aliphatic heterocycles. The molecule has 1 aliphatic carbocycles. The minimum absolute atomic E-state index is 0.111. The Morgan fingerprint density at radius 2 is 2.18 bits per heavy atom. The Morgan fingerprint density at radius 3 is 2.82 bits per heavy atom. The third kappa shape index (κ3) is 3.60. The van der Waals surface area contributed by atoms with E-state index >= 15 is 0 Å². The zero-order valence-electron chi connectivity index (χ0n) is 10.8. The monoisotopic (exact) mass is 240 g/mol. The number of carbonyl (C=O) groups is 1. The molecule has 0 aromatic rings. The highest BCUT2D eigenvalue weighted by molar-refractivity contribution is 5.74. The lowest BCUT2D eigenvalue weighted by atomic mass is 9.93. The summed E-state index contributed by atoms with van der Waals surface area (Å²) < 4.78 is 5.74. The Labute approximate surface area is 104 Å². The Morgan fingerprint density at radius 1 is 1.35 bits per heavy atom. The van der Waals surface area contributed by atoms with Gasteiger partial charge in [0.1, 0.15) is 0 Å². The maximum absolute atomic E-state index is 12.0. The Hall–Kier alpha value is -0.770. The largest absolute Gasteiger partial charge is 0.376 e. The van der Waals surface area contributed by atoms with Crippen LogP contribution in [0.1, 0.15) is 45.4 Å². The van der Waals surface area contributed by atoms with Gasteiger partial charge in [0.05, 0.1) is 6.10 Å². The lowest BCUT2D eigenvalue weighted by Crippen LogP contribution is -2.51. The van der Waals surface area contributed by atoms with Crippen LogP contribution in [0.4, 0.5) is 4.79 Å². The first-order valence-electron chi connectivity index (χ1n) is 6.96. The zero-order chi connectivity index (χ0) is 12.1. The van der Waals surface area contributed by atoms with E-state index < -0.39 is 0 Å². The van der Waals surface area contributed by atoms with Crippen molar-refractivity contribution in [2.75, 3.05) is 19.7 Å². The van der Waals surface area contributed by atoms with Crippen molar-refractivity contribution in [3.63, 3.8) is 0 Å². The summed E-state index contributed by atoms with van der Waals surface area (Å²) in [6.07, 6.45) is 7.00. The molecule has 1 heterocycles. The fraction of sp³-hybridized carbons (Fsp3) is 0.923. The Kier molecular flexibility index (Phi) is 4.66. The summed E-state index contributed by atoms with van der Waals surface area (Å²) in [5.74, 6) is 0. The third-order valence-electron chi connectivity index (χ3n) is 3.66. The molecule has 4 heteroatoms. The molecule has 1 atom stereocenters. The average molecular weight is 240 g/mol. The van der Waals surface area contributed by atoms with E-state index in [2.05, 4.69) is 12.2 Å². The lowest BCUT2D eigenvalue weighted by Gasteiger charge is -2.35. The smallest absolute Gasteiger partial charge is 0.317 e. The molecule has 1 unspecified atom stereocenters. The minimum Gasteiger partial charge on any atom is -0.376 e. The number of hydrogen-bond acceptors (Lipinski definition) is 2. The molecule has 1 N–H and O–H groups in total. The van der Waals surface area contributed by atoms with Crippen molar-refractivity contribution in [2.24, 2.45) is 0 Å². The molecule has 0 bridgehead atoms. The maximum Gasteiger partial charge on any atom is 0.317 e. The van der Waals surface area contributed by atoms with E-state index in [0.29, 0.717) is 6.04 Å². The summed E-state index contributed by atoms with van der Waals surface area (Å²) in [6.45, 7) is 4.57. The molecule has 2 rings (SSSR count). The predicted octanol–water partition coefficient (Wildman–Crippen LogP) is 2.14. The van der Waals surface area contributed by atoms with Gasteiger partial charge in [-0.15, -0.1) is 0 Å². The Balaban J connectivity index is 1.73. The highest BCUT2D eigenvalue weighted by Gasteiger charge is 2.27. The van der Waals surface area contributed by atoms with Crippen LogP contribution < -0.4 is 5.32 Å². The number of ether oxygens (including phenoxy) is 1. The van der Waals surface area contributed by atoms with E-state index in [0.717, 1.165) is 51.8 Å². The van der Waals surface area contributed by atoms with Gasteiger partial charge in [-0.25, -0.2) is 4.79 Å². The van der Waals surface area contributed by atoms with E-state index in [1.165, 1.54) is 6.42 Å². The van der Waals surface area contributed by atoms with Gasteiger partial charge in [-0.05, 0) is 38.5 Å². The number of nitrogens with one attached hydrogen (secondary N) is 1. The van der Waals surface area contributed by atoms with Crippen molar-refractivity contribution >= 4 is 6.03 Å². The van der Waals surface area contributed by atoms with Gasteiger partial charge in [0.2, 0.25) is 0 Å². The number of hydrogen-bond donors (Lipinski definition) is 1. The van der Waals surface area contributed by atoms with Gasteiger partial charge in [-0.3, -0.25) is 0 Å². The summed E-state index contributed by atoms with van der Waals surface area (Å²) in [5, 5.41) is 3.09. The van der Waals surface area contributed by atoms with Crippen LogP contribution in [-0.4, -0.2) is 42.8 Å². The highest BCUT2D eigenvalue weighted by Crippen LogP contribution is 2.19. The van der Waals surface area contributed by atoms with Crippen molar-refractivity contribution in [1.29, 1.82) is 0 Å². The van der Waals surface area contributed by atoms with Gasteiger partial charge in [0.25, 0.3) is 0 Å². The summed E-state index contributed by atoms with van der Waals surface area (Å²) in [4.78, 5) is 13.9. The molecule has 0 spiro atoms. The van der Waals surface area contributed by atoms with Crippen LogP contribution in [0.15, 0.2) is 0 Å². The maximum atomic E-state index is 12.0. The molecule has 0 radical (unpaired) electrons. The van der Waals surface area contributed by atoms with Crippen LogP contribution in [-0.2, 0) is 4.74 Å². The number of likely N-dealkylation sites (tertiary alicyclic amines) is 1. The zero-order valence-corrected chi connectivity index (χ0v) is 10.8. The molecule has 17 heavy (non-hydrogen) atoms. The number of rotatable bonds is 4. The first-order valence-corrected chi connectivity index (χ1v) is 6.96. The first-order chi connectivity index (χ1) is 8.29. The van der Waals surface area contributed by atoms with Crippen LogP contribution >= 0.6 is 0 Å². The van der Waals surface area contributed by atoms with Gasteiger partial charge >= 0.3 is 6.03 Å². The fourth-order valence-corrected chi connectivity index (χ4v) is 2.36. The molecule has 98 valence electrons. The van der Waals surface area contributed by atoms with Crippen molar-refractivity contribution < 1.29 is 9.53 Å². The van der Waals surface area contributed by atoms with Crippen LogP contribution in [0.25, 0.3) is 0 Å². The van der Waals surface area contributed by atoms with Crippen molar-refractivity contribution in [3.8, 4) is 0 Å². The number of amides is 2. The summed E-state index contributed by atoms with van der Waals surface area (Å²) in [5.41, 5.74) is 0. The van der Waals surface area contributed by atoms with Gasteiger partial charge in [-0.2, -0.15) is 0 Å². The normalized spacial score (nSPS) is 25.5. The second-order valence-electron chi connectivity index (χ2n) is 5.16. The first kappa shape index (κ1) is 12.7. The van der Waals surface area contributed by atoms with E-state index in [1.807, 2.05) is 4.90 Å². The van der Waals surface area contributed by atoms with Crippen molar-refractivity contribution in [1.82, 2.24) is 10.2 Å². The highest BCUT2D eigenvalue weighted by atomic mass is 16.5. The predicted molar refractivity (Wildman–Crippen MR) is 67.0 cm³/mol. The second kappa shape index (κ2) is 6.24. The molecule has 2 fully saturated rings. The third-order valence-corrected chi connectivity index (χ3v) is 3.66. The number of carbonyl (C=O) groups excluding carboxylic acids is 1. The van der Waals surface area contributed by atoms with E-state index in [9.17, 15) is 4.79 Å². The Bertz CT molecular complexity index is 254. The van der Waals surface area contributed by atoms with Crippen LogP contribution in [0.2, 0.25) is 0 Å². The van der Waals surface area contributed by atoms with Crippen LogP contribution in [0, 0.1) is 0 Å². The number of nitrogens with zero attached hydrogens (tertiary/aromatic N) is 1. The standard InChI is InChI=1S/C13H24N2O2/c1-2-9-17-12-7-4-8-15(10-12)13(16)14-11-5-3-6-11/h11-12H,2-10H2,1H3,(H,14,16). The summed E-state index contributed by atoms with van der Waals surface area (Å²) in [6, 6.07) is 0.541. The van der Waals surface area contributed by atoms with Crippen LogP contribution in [0.3, 0.4) is 0 Å². The number of piperidine rings is 1. The molecule has 2 amide bonds. The fourth-order valence-electron chi connectivity index (χ4n) is 2.36.